The van der Waals surface area contributed by atoms with E-state index >= 15 is 0 Å². The number of imidazole rings is 1. The van der Waals surface area contributed by atoms with Gasteiger partial charge in [-0.25, -0.2) is 18.5 Å². The van der Waals surface area contributed by atoms with Gasteiger partial charge in [-0.3, -0.25) is 4.40 Å². The molecule has 0 aliphatic rings. The average molecular weight is 211 g/mol. The van der Waals surface area contributed by atoms with Crippen molar-refractivity contribution in [3.8, 4) is 0 Å². The smallest absolute Gasteiger partial charge is 0.272 e. The summed E-state index contributed by atoms with van der Waals surface area (Å²) < 4.78 is 23.8. The van der Waals surface area contributed by atoms with Crippen molar-refractivity contribution in [3.05, 3.63) is 30.1 Å². The third kappa shape index (κ3) is 1.28. The predicted octanol–water partition coefficient (Wildman–Crippen LogP) is 0.290. The Morgan fingerprint density at radius 3 is 2.79 bits per heavy atom. The Balaban J connectivity index is 2.93. The van der Waals surface area contributed by atoms with Crippen molar-refractivity contribution in [1.82, 2.24) is 9.38 Å². The molecular formula is C8H9N3O2S. The molecule has 0 radical (unpaired) electrons. The highest BCUT2D eigenvalue weighted by Crippen LogP contribution is 2.14. The molecule has 2 N–H and O–H groups in total. The normalized spacial score (nSPS) is 12.1. The van der Waals surface area contributed by atoms with Crippen LogP contribution in [0.1, 0.15) is 5.69 Å². The summed E-state index contributed by atoms with van der Waals surface area (Å²) in [6.07, 6.45) is 1.62. The molecule has 6 heteroatoms. The first-order chi connectivity index (χ1) is 6.50. The van der Waals surface area contributed by atoms with E-state index in [9.17, 15) is 8.42 Å². The second-order valence-corrected chi connectivity index (χ2v) is 4.44. The molecule has 2 heterocycles. The molecule has 2 rings (SSSR count). The van der Waals surface area contributed by atoms with Crippen LogP contribution in [0.3, 0.4) is 0 Å². The van der Waals surface area contributed by atoms with Crippen molar-refractivity contribution in [2.45, 2.75) is 12.1 Å². The molecule has 0 aliphatic carbocycles. The number of primary sulfonamides is 1. The van der Waals surface area contributed by atoms with Crippen LogP contribution >= 0.6 is 0 Å². The number of hydrogen-bond donors (Lipinski definition) is 1. The molecule has 0 saturated heterocycles. The summed E-state index contributed by atoms with van der Waals surface area (Å²) in [6.45, 7) is 1.74. The number of hydrogen-bond acceptors (Lipinski definition) is 3. The maximum absolute atomic E-state index is 11.2. The molecule has 0 atom stereocenters. The molecule has 0 spiro atoms. The number of nitrogens with two attached hydrogens (primary N) is 1. The average Bonchev–Trinajstić information content (AvgIpc) is 2.44. The van der Waals surface area contributed by atoms with Crippen molar-refractivity contribution >= 4 is 15.5 Å². The van der Waals surface area contributed by atoms with Crippen molar-refractivity contribution in [3.63, 3.8) is 0 Å². The number of aryl methyl sites for hydroxylation is 1. The molecule has 0 fully saturated rings. The van der Waals surface area contributed by atoms with Crippen LogP contribution in [0.15, 0.2) is 29.6 Å². The van der Waals surface area contributed by atoms with Crippen LogP contribution in [0.2, 0.25) is 0 Å². The third-order valence-electron chi connectivity index (χ3n) is 1.95. The van der Waals surface area contributed by atoms with Crippen LogP contribution in [-0.4, -0.2) is 17.8 Å². The largest absolute Gasteiger partial charge is 0.289 e. The second kappa shape index (κ2) is 2.79. The van der Waals surface area contributed by atoms with Gasteiger partial charge in [-0.1, -0.05) is 6.07 Å². The summed E-state index contributed by atoms with van der Waals surface area (Å²) in [4.78, 5) is 3.91. The Morgan fingerprint density at radius 1 is 1.43 bits per heavy atom. The van der Waals surface area contributed by atoms with E-state index in [1.54, 1.807) is 25.3 Å². The highest BCUT2D eigenvalue weighted by molar-refractivity contribution is 7.89. The number of pyridine rings is 1. The molecule has 2 aromatic heterocycles. The van der Waals surface area contributed by atoms with E-state index in [1.807, 2.05) is 6.07 Å². The molecule has 74 valence electrons. The molecule has 0 saturated carbocycles. The lowest BCUT2D eigenvalue weighted by Gasteiger charge is -1.96. The van der Waals surface area contributed by atoms with Crippen molar-refractivity contribution in [2.75, 3.05) is 0 Å². The van der Waals surface area contributed by atoms with Gasteiger partial charge in [0.05, 0.1) is 11.2 Å². The van der Waals surface area contributed by atoms with Gasteiger partial charge in [0.25, 0.3) is 10.0 Å². The van der Waals surface area contributed by atoms with Gasteiger partial charge < -0.3 is 0 Å². The van der Waals surface area contributed by atoms with Gasteiger partial charge in [0.1, 0.15) is 0 Å². The monoisotopic (exact) mass is 211 g/mol. The van der Waals surface area contributed by atoms with E-state index < -0.39 is 10.0 Å². The number of rotatable bonds is 1. The zero-order valence-corrected chi connectivity index (χ0v) is 8.32. The van der Waals surface area contributed by atoms with E-state index in [1.165, 1.54) is 4.40 Å². The Morgan fingerprint density at radius 2 is 2.14 bits per heavy atom. The lowest BCUT2D eigenvalue weighted by atomic mass is 10.3. The molecule has 0 aromatic carbocycles. The third-order valence-corrected chi connectivity index (χ3v) is 2.75. The Hall–Kier alpha value is -1.40. The van der Waals surface area contributed by atoms with E-state index in [-0.39, 0.29) is 5.16 Å². The second-order valence-electron chi connectivity index (χ2n) is 2.98. The van der Waals surface area contributed by atoms with Gasteiger partial charge in [-0.2, -0.15) is 0 Å². The number of aromatic nitrogens is 2. The van der Waals surface area contributed by atoms with Crippen LogP contribution in [0, 0.1) is 6.92 Å². The zero-order chi connectivity index (χ0) is 10.3. The highest BCUT2D eigenvalue weighted by atomic mass is 32.2. The topological polar surface area (TPSA) is 77.5 Å². The van der Waals surface area contributed by atoms with Gasteiger partial charge >= 0.3 is 0 Å². The molecule has 2 aromatic rings. The molecule has 0 aliphatic heterocycles. The van der Waals surface area contributed by atoms with Gasteiger partial charge in [-0.15, -0.1) is 0 Å². The van der Waals surface area contributed by atoms with E-state index in [0.29, 0.717) is 5.69 Å². The lowest BCUT2D eigenvalue weighted by Crippen LogP contribution is -2.15. The number of nitrogens with zero attached hydrogens (tertiary/aromatic N) is 2. The zero-order valence-electron chi connectivity index (χ0n) is 7.51. The van der Waals surface area contributed by atoms with Crippen LogP contribution in [0.5, 0.6) is 0 Å². The fourth-order valence-electron chi connectivity index (χ4n) is 1.36. The maximum atomic E-state index is 11.2. The molecule has 0 bridgehead atoms. The summed E-state index contributed by atoms with van der Waals surface area (Å²) in [5, 5.41) is 4.91. The van der Waals surface area contributed by atoms with Crippen LogP contribution in [-0.2, 0) is 10.0 Å². The van der Waals surface area contributed by atoms with Crippen LogP contribution < -0.4 is 5.14 Å². The highest BCUT2D eigenvalue weighted by Gasteiger charge is 2.16. The number of fused-ring (bicyclic) bond motifs is 1. The summed E-state index contributed by atoms with van der Waals surface area (Å²) in [5.74, 6) is 0. The summed E-state index contributed by atoms with van der Waals surface area (Å²) in [5.41, 5.74) is 1.39. The van der Waals surface area contributed by atoms with Crippen molar-refractivity contribution < 1.29 is 8.42 Å². The Kier molecular flexibility index (Phi) is 1.83. The van der Waals surface area contributed by atoms with Gasteiger partial charge in [0, 0.05) is 6.20 Å². The molecular weight excluding hydrogens is 202 g/mol. The quantitative estimate of drug-likeness (QED) is 0.736. The fraction of sp³-hybridized carbons (Fsp3) is 0.125. The van der Waals surface area contributed by atoms with Crippen LogP contribution in [0.25, 0.3) is 5.52 Å². The van der Waals surface area contributed by atoms with E-state index in [4.69, 9.17) is 5.14 Å². The first-order valence-electron chi connectivity index (χ1n) is 3.96. The summed E-state index contributed by atoms with van der Waals surface area (Å²) >= 11 is 0. The minimum Gasteiger partial charge on any atom is -0.289 e. The van der Waals surface area contributed by atoms with E-state index in [2.05, 4.69) is 4.98 Å². The van der Waals surface area contributed by atoms with E-state index in [0.717, 1.165) is 5.52 Å². The SMILES string of the molecule is Cc1nc(S(N)(=O)=O)n2ccccc12. The summed E-state index contributed by atoms with van der Waals surface area (Å²) in [7, 11) is -3.76. The Bertz CT molecular complexity index is 586. The summed E-state index contributed by atoms with van der Waals surface area (Å²) in [6, 6.07) is 5.33. The molecule has 0 unspecified atom stereocenters. The first kappa shape index (κ1) is 9.17. The minimum absolute atomic E-state index is 0.120. The fourth-order valence-corrected chi connectivity index (χ4v) is 2.06. The minimum atomic E-state index is -3.76. The maximum Gasteiger partial charge on any atom is 0.272 e. The lowest BCUT2D eigenvalue weighted by molar-refractivity contribution is 0.588. The van der Waals surface area contributed by atoms with Gasteiger partial charge in [0.15, 0.2) is 0 Å². The predicted molar refractivity (Wildman–Crippen MR) is 51.3 cm³/mol. The number of sulfonamides is 1. The standard InChI is InChI=1S/C8H9N3O2S/c1-6-7-4-2-3-5-11(7)8(10-6)14(9,12)13/h2-5H,1H3,(H2,9,12,13). The molecule has 14 heavy (non-hydrogen) atoms. The van der Waals surface area contributed by atoms with Gasteiger partial charge in [0.2, 0.25) is 5.16 Å². The van der Waals surface area contributed by atoms with Gasteiger partial charge in [-0.05, 0) is 19.1 Å². The molecule has 5 nitrogen and oxygen atoms in total. The van der Waals surface area contributed by atoms with Crippen molar-refractivity contribution in [1.29, 1.82) is 0 Å². The van der Waals surface area contributed by atoms with Crippen molar-refractivity contribution in [2.24, 2.45) is 5.14 Å². The Labute approximate surface area is 81.2 Å². The first-order valence-corrected chi connectivity index (χ1v) is 5.51. The molecule has 0 amide bonds. The van der Waals surface area contributed by atoms with Crippen LogP contribution in [0.4, 0.5) is 0 Å².